The topological polar surface area (TPSA) is 44.1 Å². The van der Waals surface area contributed by atoms with E-state index in [-0.39, 0.29) is 5.97 Å². The Balaban J connectivity index is 1.96. The van der Waals surface area contributed by atoms with E-state index < -0.39 is 0 Å². The average molecular weight is 359 g/mol. The minimum atomic E-state index is -0.347. The highest BCUT2D eigenvalue weighted by Crippen LogP contribution is 2.20. The number of halogens is 1. The van der Waals surface area contributed by atoms with Crippen molar-refractivity contribution in [2.24, 2.45) is 0 Å². The van der Waals surface area contributed by atoms with Crippen LogP contribution in [0.4, 0.5) is 0 Å². The molecule has 1 aromatic heterocycles. The number of carbonyl (C=O) groups is 1. The summed E-state index contributed by atoms with van der Waals surface area (Å²) in [6.07, 6.45) is 1.80. The van der Waals surface area contributed by atoms with Gasteiger partial charge in [0.25, 0.3) is 0 Å². The third-order valence-electron chi connectivity index (χ3n) is 3.69. The van der Waals surface area contributed by atoms with Crippen LogP contribution in [0.25, 0.3) is 11.0 Å². The van der Waals surface area contributed by atoms with Crippen LogP contribution in [0.2, 0.25) is 0 Å². The standard InChI is InChI=1S/C17H15BrN2O2/c1-11-7-14(18)5-3-13(11)9-20-10-19-15-8-12(17(21)22-2)4-6-16(15)20/h3-8,10H,9H2,1-2H3. The van der Waals surface area contributed by atoms with Crippen LogP contribution >= 0.6 is 15.9 Å². The molecule has 0 saturated carbocycles. The van der Waals surface area contributed by atoms with Crippen LogP contribution in [0.5, 0.6) is 0 Å². The third kappa shape index (κ3) is 2.76. The lowest BCUT2D eigenvalue weighted by molar-refractivity contribution is 0.0601. The second-order valence-electron chi connectivity index (χ2n) is 5.14. The fourth-order valence-electron chi connectivity index (χ4n) is 2.45. The summed E-state index contributed by atoms with van der Waals surface area (Å²) < 4.78 is 7.89. The van der Waals surface area contributed by atoms with Gasteiger partial charge in [-0.05, 0) is 48.4 Å². The van der Waals surface area contributed by atoms with Crippen molar-refractivity contribution >= 4 is 32.9 Å². The van der Waals surface area contributed by atoms with Gasteiger partial charge in [-0.2, -0.15) is 0 Å². The molecule has 0 bridgehead atoms. The molecule has 0 fully saturated rings. The zero-order valence-electron chi connectivity index (χ0n) is 12.3. The summed E-state index contributed by atoms with van der Waals surface area (Å²) in [5, 5.41) is 0. The Morgan fingerprint density at radius 2 is 2.09 bits per heavy atom. The van der Waals surface area contributed by atoms with E-state index in [0.717, 1.165) is 22.1 Å². The molecule has 0 aliphatic heterocycles. The van der Waals surface area contributed by atoms with Crippen LogP contribution < -0.4 is 0 Å². The monoisotopic (exact) mass is 358 g/mol. The predicted octanol–water partition coefficient (Wildman–Crippen LogP) is 3.94. The number of benzene rings is 2. The SMILES string of the molecule is COC(=O)c1ccc2c(c1)ncn2Cc1ccc(Br)cc1C. The lowest BCUT2D eigenvalue weighted by Gasteiger charge is -2.08. The van der Waals surface area contributed by atoms with Gasteiger partial charge in [-0.3, -0.25) is 0 Å². The van der Waals surface area contributed by atoms with Gasteiger partial charge < -0.3 is 9.30 Å². The summed E-state index contributed by atoms with van der Waals surface area (Å²) in [7, 11) is 1.38. The smallest absolute Gasteiger partial charge is 0.337 e. The van der Waals surface area contributed by atoms with Gasteiger partial charge in [0.05, 0.1) is 30.0 Å². The Kier molecular flexibility index (Phi) is 3.98. The molecule has 0 N–H and O–H groups in total. The first-order chi connectivity index (χ1) is 10.6. The summed E-state index contributed by atoms with van der Waals surface area (Å²) >= 11 is 3.48. The summed E-state index contributed by atoms with van der Waals surface area (Å²) in [5.74, 6) is -0.347. The maximum absolute atomic E-state index is 11.6. The number of carbonyl (C=O) groups excluding carboxylic acids is 1. The van der Waals surface area contributed by atoms with Crippen LogP contribution in [0, 0.1) is 6.92 Å². The van der Waals surface area contributed by atoms with Crippen molar-refractivity contribution in [2.75, 3.05) is 7.11 Å². The molecule has 0 spiro atoms. The van der Waals surface area contributed by atoms with Crippen molar-refractivity contribution in [3.63, 3.8) is 0 Å². The number of aryl methyl sites for hydroxylation is 1. The van der Waals surface area contributed by atoms with E-state index in [1.165, 1.54) is 18.2 Å². The van der Waals surface area contributed by atoms with Gasteiger partial charge in [0.2, 0.25) is 0 Å². The number of hydrogen-bond donors (Lipinski definition) is 0. The van der Waals surface area contributed by atoms with Crippen molar-refractivity contribution in [3.8, 4) is 0 Å². The molecule has 3 aromatic rings. The van der Waals surface area contributed by atoms with E-state index in [1.807, 2.05) is 12.1 Å². The van der Waals surface area contributed by atoms with E-state index in [1.54, 1.807) is 18.5 Å². The average Bonchev–Trinajstić information content (AvgIpc) is 2.91. The molecule has 3 rings (SSSR count). The number of esters is 1. The van der Waals surface area contributed by atoms with Crippen molar-refractivity contribution in [2.45, 2.75) is 13.5 Å². The second kappa shape index (κ2) is 5.93. The molecule has 0 radical (unpaired) electrons. The van der Waals surface area contributed by atoms with E-state index in [4.69, 9.17) is 4.74 Å². The van der Waals surface area contributed by atoms with Gasteiger partial charge in [0.15, 0.2) is 0 Å². The molecule has 2 aromatic carbocycles. The molecule has 0 aliphatic rings. The molecule has 0 unspecified atom stereocenters. The highest BCUT2D eigenvalue weighted by Gasteiger charge is 2.10. The molecule has 0 amide bonds. The van der Waals surface area contributed by atoms with Gasteiger partial charge in [-0.15, -0.1) is 0 Å². The van der Waals surface area contributed by atoms with Crippen LogP contribution in [-0.4, -0.2) is 22.6 Å². The second-order valence-corrected chi connectivity index (χ2v) is 6.05. The normalized spacial score (nSPS) is 10.9. The zero-order valence-corrected chi connectivity index (χ0v) is 13.9. The van der Waals surface area contributed by atoms with Crippen molar-refractivity contribution in [3.05, 3.63) is 63.9 Å². The van der Waals surface area contributed by atoms with Gasteiger partial charge in [0.1, 0.15) is 0 Å². The van der Waals surface area contributed by atoms with Crippen LogP contribution in [0.3, 0.4) is 0 Å². The number of methoxy groups -OCH3 is 1. The third-order valence-corrected chi connectivity index (χ3v) is 4.18. The van der Waals surface area contributed by atoms with Gasteiger partial charge >= 0.3 is 5.97 Å². The highest BCUT2D eigenvalue weighted by atomic mass is 79.9. The largest absolute Gasteiger partial charge is 0.465 e. The molecular formula is C17H15BrN2O2. The Labute approximate surface area is 136 Å². The molecule has 5 heteroatoms. The van der Waals surface area contributed by atoms with Gasteiger partial charge in [0, 0.05) is 11.0 Å². The first-order valence-electron chi connectivity index (χ1n) is 6.86. The highest BCUT2D eigenvalue weighted by molar-refractivity contribution is 9.10. The summed E-state index contributed by atoms with van der Waals surface area (Å²) in [5.41, 5.74) is 4.76. The first-order valence-corrected chi connectivity index (χ1v) is 7.66. The minimum Gasteiger partial charge on any atom is -0.465 e. The number of nitrogens with zero attached hydrogens (tertiary/aromatic N) is 2. The molecule has 1 heterocycles. The quantitative estimate of drug-likeness (QED) is 0.666. The first kappa shape index (κ1) is 14.8. The van der Waals surface area contributed by atoms with Crippen LogP contribution in [-0.2, 0) is 11.3 Å². The summed E-state index contributed by atoms with van der Waals surface area (Å²) in [6, 6.07) is 11.7. The van der Waals surface area contributed by atoms with Crippen molar-refractivity contribution in [1.82, 2.24) is 9.55 Å². The van der Waals surface area contributed by atoms with Crippen LogP contribution in [0.1, 0.15) is 21.5 Å². The lowest BCUT2D eigenvalue weighted by Crippen LogP contribution is -2.02. The maximum Gasteiger partial charge on any atom is 0.337 e. The van der Waals surface area contributed by atoms with E-state index in [2.05, 4.69) is 44.5 Å². The molecule has 22 heavy (non-hydrogen) atoms. The van der Waals surface area contributed by atoms with E-state index in [9.17, 15) is 4.79 Å². The molecule has 4 nitrogen and oxygen atoms in total. The molecule has 0 atom stereocenters. The molecule has 0 saturated heterocycles. The van der Waals surface area contributed by atoms with Gasteiger partial charge in [-0.25, -0.2) is 9.78 Å². The number of imidazole rings is 1. The Bertz CT molecular complexity index is 855. The fourth-order valence-corrected chi connectivity index (χ4v) is 2.93. The minimum absolute atomic E-state index is 0.347. The Morgan fingerprint density at radius 1 is 1.27 bits per heavy atom. The van der Waals surface area contributed by atoms with Gasteiger partial charge in [-0.1, -0.05) is 22.0 Å². The maximum atomic E-state index is 11.6. The van der Waals surface area contributed by atoms with Crippen molar-refractivity contribution < 1.29 is 9.53 Å². The van der Waals surface area contributed by atoms with Crippen molar-refractivity contribution in [1.29, 1.82) is 0 Å². The summed E-state index contributed by atoms with van der Waals surface area (Å²) in [6.45, 7) is 2.84. The number of rotatable bonds is 3. The fraction of sp³-hybridized carbons (Fsp3) is 0.176. The van der Waals surface area contributed by atoms with E-state index >= 15 is 0 Å². The van der Waals surface area contributed by atoms with E-state index in [0.29, 0.717) is 5.56 Å². The van der Waals surface area contributed by atoms with Crippen LogP contribution in [0.15, 0.2) is 47.2 Å². The predicted molar refractivity (Wildman–Crippen MR) is 89.1 cm³/mol. The Hall–Kier alpha value is -2.14. The zero-order chi connectivity index (χ0) is 15.7. The Morgan fingerprint density at radius 3 is 2.82 bits per heavy atom. The number of aromatic nitrogens is 2. The molecule has 0 aliphatic carbocycles. The number of fused-ring (bicyclic) bond motifs is 1. The molecule has 112 valence electrons. The number of hydrogen-bond acceptors (Lipinski definition) is 3. The summed E-state index contributed by atoms with van der Waals surface area (Å²) in [4.78, 5) is 16.0. The lowest BCUT2D eigenvalue weighted by atomic mass is 10.1. The molecular weight excluding hydrogens is 344 g/mol. The number of ether oxygens (including phenoxy) is 1.